The number of carbonyl (C=O) groups excluding carboxylic acids is 3. The van der Waals surface area contributed by atoms with Crippen LogP contribution < -0.4 is 0 Å². The largest absolute Gasteiger partial charge is 0.456 e. The Morgan fingerprint density at radius 1 is 0.970 bits per heavy atom. The third kappa shape index (κ3) is 5.68. The minimum atomic E-state index is -0.641. The van der Waals surface area contributed by atoms with Crippen LogP contribution in [-0.2, 0) is 9.53 Å². The number of piperazine rings is 1. The van der Waals surface area contributed by atoms with E-state index in [9.17, 15) is 14.4 Å². The summed E-state index contributed by atoms with van der Waals surface area (Å²) in [5, 5.41) is 0.614. The van der Waals surface area contributed by atoms with Crippen LogP contribution in [0.1, 0.15) is 26.3 Å². The summed E-state index contributed by atoms with van der Waals surface area (Å²) in [5.41, 5.74) is 1.58. The molecule has 8 heteroatoms. The lowest BCUT2D eigenvalue weighted by molar-refractivity contribution is -0.144. The third-order valence-corrected chi connectivity index (χ3v) is 6.14. The van der Waals surface area contributed by atoms with Gasteiger partial charge in [-0.2, -0.15) is 0 Å². The van der Waals surface area contributed by atoms with E-state index < -0.39 is 12.1 Å². The predicted molar refractivity (Wildman–Crippen MR) is 126 cm³/mol. The van der Waals surface area contributed by atoms with Gasteiger partial charge in [0.15, 0.2) is 0 Å². The van der Waals surface area contributed by atoms with Gasteiger partial charge in [-0.3, -0.25) is 19.4 Å². The minimum Gasteiger partial charge on any atom is -0.456 e. The Labute approximate surface area is 198 Å². The number of rotatable bonds is 7. The van der Waals surface area contributed by atoms with Gasteiger partial charge in [0, 0.05) is 43.8 Å². The molecule has 0 radical (unpaired) electrons. The van der Waals surface area contributed by atoms with Crippen LogP contribution in [0.25, 0.3) is 6.08 Å². The SMILES string of the molecule is CN1CCN(CC(CN2C(=O)c3ccccc3C2=O)OC(=O)C=Cc2ccc(Cl)cc2)CC1. The van der Waals surface area contributed by atoms with Crippen molar-refractivity contribution in [2.24, 2.45) is 0 Å². The number of amides is 2. The van der Waals surface area contributed by atoms with Gasteiger partial charge in [-0.1, -0.05) is 35.9 Å². The van der Waals surface area contributed by atoms with E-state index in [4.69, 9.17) is 16.3 Å². The maximum absolute atomic E-state index is 12.8. The van der Waals surface area contributed by atoms with Gasteiger partial charge in [0.1, 0.15) is 6.10 Å². The van der Waals surface area contributed by atoms with Crippen molar-refractivity contribution in [3.05, 3.63) is 76.3 Å². The molecule has 1 fully saturated rings. The number of likely N-dealkylation sites (N-methyl/N-ethyl adjacent to an activating group) is 1. The molecule has 0 bridgehead atoms. The van der Waals surface area contributed by atoms with Crippen molar-refractivity contribution < 1.29 is 19.1 Å². The second-order valence-electron chi connectivity index (χ2n) is 8.31. The molecule has 0 aromatic heterocycles. The number of ether oxygens (including phenoxy) is 1. The van der Waals surface area contributed by atoms with Crippen molar-refractivity contribution in [3.63, 3.8) is 0 Å². The number of esters is 1. The first kappa shape index (κ1) is 23.2. The van der Waals surface area contributed by atoms with Crippen LogP contribution in [0.15, 0.2) is 54.6 Å². The van der Waals surface area contributed by atoms with E-state index in [0.717, 1.165) is 31.7 Å². The van der Waals surface area contributed by atoms with Crippen molar-refractivity contribution >= 4 is 35.5 Å². The maximum Gasteiger partial charge on any atom is 0.331 e. The van der Waals surface area contributed by atoms with Crippen molar-refractivity contribution in [2.45, 2.75) is 6.10 Å². The van der Waals surface area contributed by atoms with E-state index in [0.29, 0.717) is 22.7 Å². The number of imide groups is 1. The summed E-state index contributed by atoms with van der Waals surface area (Å²) in [5.74, 6) is -1.24. The summed E-state index contributed by atoms with van der Waals surface area (Å²) in [6.07, 6.45) is 2.36. The molecule has 0 saturated carbocycles. The van der Waals surface area contributed by atoms with Crippen LogP contribution in [0, 0.1) is 0 Å². The van der Waals surface area contributed by atoms with Crippen molar-refractivity contribution in [1.82, 2.24) is 14.7 Å². The lowest BCUT2D eigenvalue weighted by atomic mass is 10.1. The quantitative estimate of drug-likeness (QED) is 0.354. The van der Waals surface area contributed by atoms with Crippen LogP contribution in [0.2, 0.25) is 5.02 Å². The number of benzene rings is 2. The van der Waals surface area contributed by atoms with Crippen LogP contribution in [0.4, 0.5) is 0 Å². The fraction of sp³-hybridized carbons (Fsp3) is 0.320. The first-order valence-corrected chi connectivity index (χ1v) is 11.3. The first-order chi connectivity index (χ1) is 15.9. The van der Waals surface area contributed by atoms with Crippen molar-refractivity contribution in [1.29, 1.82) is 0 Å². The van der Waals surface area contributed by atoms with E-state index in [1.54, 1.807) is 54.6 Å². The van der Waals surface area contributed by atoms with E-state index >= 15 is 0 Å². The standard InChI is InChI=1S/C25H26ClN3O4/c1-27-12-14-28(15-13-27)16-20(33-23(30)11-8-18-6-9-19(26)10-7-18)17-29-24(31)21-4-2-3-5-22(21)25(29)32/h2-11,20H,12-17H2,1H3. The molecule has 1 saturated heterocycles. The molecular formula is C25H26ClN3O4. The molecule has 2 aliphatic rings. The molecule has 33 heavy (non-hydrogen) atoms. The van der Waals surface area contributed by atoms with E-state index in [2.05, 4.69) is 16.8 Å². The van der Waals surface area contributed by atoms with Gasteiger partial charge in [-0.05, 0) is 43.0 Å². The molecular weight excluding hydrogens is 442 g/mol. The minimum absolute atomic E-state index is 0.0131. The molecule has 172 valence electrons. The molecule has 0 aliphatic carbocycles. The molecule has 2 aliphatic heterocycles. The number of halogens is 1. The maximum atomic E-state index is 12.8. The first-order valence-electron chi connectivity index (χ1n) is 10.9. The Morgan fingerprint density at radius 2 is 1.58 bits per heavy atom. The molecule has 1 atom stereocenters. The Hall–Kier alpha value is -3.00. The lowest BCUT2D eigenvalue weighted by Gasteiger charge is -2.35. The highest BCUT2D eigenvalue weighted by molar-refractivity contribution is 6.30. The van der Waals surface area contributed by atoms with Gasteiger partial charge in [-0.15, -0.1) is 0 Å². The molecule has 0 N–H and O–H groups in total. The van der Waals surface area contributed by atoms with Gasteiger partial charge in [0.2, 0.25) is 0 Å². The van der Waals surface area contributed by atoms with Crippen molar-refractivity contribution in [3.8, 4) is 0 Å². The second kappa shape index (κ2) is 10.3. The summed E-state index contributed by atoms with van der Waals surface area (Å²) in [4.78, 5) is 43.8. The number of hydrogen-bond acceptors (Lipinski definition) is 6. The normalized spacial score (nSPS) is 18.1. The van der Waals surface area contributed by atoms with Gasteiger partial charge in [-0.25, -0.2) is 4.79 Å². The highest BCUT2D eigenvalue weighted by Gasteiger charge is 2.37. The van der Waals surface area contributed by atoms with Gasteiger partial charge in [0.05, 0.1) is 17.7 Å². The second-order valence-corrected chi connectivity index (χ2v) is 8.75. The van der Waals surface area contributed by atoms with Gasteiger partial charge in [0.25, 0.3) is 11.8 Å². The smallest absolute Gasteiger partial charge is 0.331 e. The van der Waals surface area contributed by atoms with E-state index in [1.165, 1.54) is 11.0 Å². The van der Waals surface area contributed by atoms with Crippen molar-refractivity contribution in [2.75, 3.05) is 46.3 Å². The molecule has 2 heterocycles. The third-order valence-electron chi connectivity index (χ3n) is 5.89. The Bertz CT molecular complexity index is 1030. The molecule has 2 aromatic rings. The number of carbonyl (C=O) groups is 3. The Morgan fingerprint density at radius 3 is 2.18 bits per heavy atom. The van der Waals surface area contributed by atoms with Crippen LogP contribution >= 0.6 is 11.6 Å². The summed E-state index contributed by atoms with van der Waals surface area (Å²) < 4.78 is 5.73. The van der Waals surface area contributed by atoms with Gasteiger partial charge >= 0.3 is 5.97 Å². The van der Waals surface area contributed by atoms with E-state index in [-0.39, 0.29) is 18.4 Å². The summed E-state index contributed by atoms with van der Waals surface area (Å²) in [7, 11) is 2.06. The molecule has 2 aromatic carbocycles. The fourth-order valence-corrected chi connectivity index (χ4v) is 4.13. The zero-order valence-electron chi connectivity index (χ0n) is 18.4. The molecule has 7 nitrogen and oxygen atoms in total. The average molecular weight is 468 g/mol. The number of fused-ring (bicyclic) bond motifs is 1. The molecule has 0 spiro atoms. The van der Waals surface area contributed by atoms with Gasteiger partial charge < -0.3 is 9.64 Å². The summed E-state index contributed by atoms with van der Waals surface area (Å²) in [6.45, 7) is 3.93. The monoisotopic (exact) mass is 467 g/mol. The molecule has 2 amide bonds. The lowest BCUT2D eigenvalue weighted by Crippen LogP contribution is -2.50. The topological polar surface area (TPSA) is 70.2 Å². The Kier molecular flexibility index (Phi) is 7.23. The zero-order valence-corrected chi connectivity index (χ0v) is 19.2. The van der Waals surface area contributed by atoms with Crippen LogP contribution in [-0.4, -0.2) is 84.9 Å². The number of nitrogens with zero attached hydrogens (tertiary/aromatic N) is 3. The van der Waals surface area contributed by atoms with Crippen LogP contribution in [0.5, 0.6) is 0 Å². The number of hydrogen-bond donors (Lipinski definition) is 0. The highest BCUT2D eigenvalue weighted by Crippen LogP contribution is 2.23. The fourth-order valence-electron chi connectivity index (χ4n) is 4.00. The van der Waals surface area contributed by atoms with Crippen LogP contribution in [0.3, 0.4) is 0 Å². The molecule has 4 rings (SSSR count). The average Bonchev–Trinajstić information content (AvgIpc) is 3.05. The Balaban J connectivity index is 1.46. The summed E-state index contributed by atoms with van der Waals surface area (Å²) >= 11 is 5.90. The summed E-state index contributed by atoms with van der Waals surface area (Å²) in [6, 6.07) is 13.8. The zero-order chi connectivity index (χ0) is 23.4. The molecule has 1 unspecified atom stereocenters. The highest BCUT2D eigenvalue weighted by atomic mass is 35.5. The predicted octanol–water partition coefficient (Wildman–Crippen LogP) is 2.81. The van der Waals surface area contributed by atoms with E-state index in [1.807, 2.05) is 0 Å².